The van der Waals surface area contributed by atoms with Crippen LogP contribution in [0.25, 0.3) is 0 Å². The molecule has 1 saturated heterocycles. The van der Waals surface area contributed by atoms with Gasteiger partial charge in [0.05, 0.1) is 12.7 Å². The van der Waals surface area contributed by atoms with Gasteiger partial charge in [-0.3, -0.25) is 15.4 Å². The van der Waals surface area contributed by atoms with Gasteiger partial charge in [0.1, 0.15) is 18.3 Å². The van der Waals surface area contributed by atoms with Crippen LogP contribution >= 0.6 is 8.53 Å². The molecule has 2 heterocycles. The molecule has 6 atom stereocenters. The van der Waals surface area contributed by atoms with E-state index in [1.165, 1.54) is 24.1 Å². The van der Waals surface area contributed by atoms with Crippen molar-refractivity contribution in [2.24, 2.45) is 5.73 Å². The van der Waals surface area contributed by atoms with E-state index in [4.69, 9.17) is 24.7 Å². The first-order valence-corrected chi connectivity index (χ1v) is 17.9. The van der Waals surface area contributed by atoms with E-state index in [2.05, 4.69) is 37.4 Å². The molecule has 2 amide bonds. The van der Waals surface area contributed by atoms with Gasteiger partial charge in [-0.15, -0.1) is 0 Å². The molecular weight excluding hydrogens is 567 g/mol. The number of ether oxygens (including phenoxy) is 1. The molecule has 6 N–H and O–H groups in total. The fourth-order valence-electron chi connectivity index (χ4n) is 4.47. The lowest BCUT2D eigenvalue weighted by Gasteiger charge is -2.44. The van der Waals surface area contributed by atoms with Crippen molar-refractivity contribution in [1.82, 2.24) is 20.4 Å². The SMILES string of the molecule is CC(=O)C1(N)C=CN([C@@H]2O[C@H](CO)[C@@H](OP(O)NN(C(C)C)C(C)(C)CCC#N)[C@H]2O[Si](C)(C)C(C)(C)C)C(=O)N1. The number of carbonyl (C=O) groups is 2. The van der Waals surface area contributed by atoms with Gasteiger partial charge in [-0.25, -0.2) is 9.80 Å². The van der Waals surface area contributed by atoms with Crippen LogP contribution in [0.5, 0.6) is 0 Å². The van der Waals surface area contributed by atoms with Crippen LogP contribution in [0.4, 0.5) is 4.79 Å². The predicted octanol–water partition coefficient (Wildman–Crippen LogP) is 2.78. The zero-order valence-corrected chi connectivity index (χ0v) is 27.9. The summed E-state index contributed by atoms with van der Waals surface area (Å²) >= 11 is 0. The van der Waals surface area contributed by atoms with Gasteiger partial charge in [-0.05, 0) is 65.2 Å². The minimum atomic E-state index is -2.51. The highest BCUT2D eigenvalue weighted by Crippen LogP contribution is 2.44. The van der Waals surface area contributed by atoms with Gasteiger partial charge >= 0.3 is 6.03 Å². The van der Waals surface area contributed by atoms with Crippen molar-refractivity contribution in [1.29, 1.82) is 5.26 Å². The Balaban J connectivity index is 2.43. The summed E-state index contributed by atoms with van der Waals surface area (Å²) < 4.78 is 19.0. The Morgan fingerprint density at radius 2 is 1.98 bits per heavy atom. The molecule has 0 radical (unpaired) electrons. The Morgan fingerprint density at radius 1 is 1.37 bits per heavy atom. The van der Waals surface area contributed by atoms with Crippen LogP contribution < -0.4 is 16.2 Å². The lowest BCUT2D eigenvalue weighted by atomic mass is 9.97. The quantitative estimate of drug-likeness (QED) is 0.117. The van der Waals surface area contributed by atoms with E-state index < -0.39 is 71.0 Å². The Labute approximate surface area is 246 Å². The number of nitrogens with one attached hydrogen (secondary N) is 2. The number of hydrogen-bond acceptors (Lipinski definition) is 11. The molecule has 0 aliphatic carbocycles. The van der Waals surface area contributed by atoms with Crippen LogP contribution in [0.3, 0.4) is 0 Å². The number of hydrogen-bond donors (Lipinski definition) is 5. The van der Waals surface area contributed by atoms with Crippen molar-refractivity contribution in [3.63, 3.8) is 0 Å². The highest BCUT2D eigenvalue weighted by atomic mass is 31.2. The zero-order chi connectivity index (χ0) is 31.6. The number of ketones is 1. The van der Waals surface area contributed by atoms with Gasteiger partial charge in [0.25, 0.3) is 8.53 Å². The molecule has 0 aromatic carbocycles. The Morgan fingerprint density at radius 3 is 2.44 bits per heavy atom. The molecule has 0 saturated carbocycles. The van der Waals surface area contributed by atoms with E-state index in [-0.39, 0.29) is 11.1 Å². The van der Waals surface area contributed by atoms with E-state index in [0.717, 1.165) is 0 Å². The fourth-order valence-corrected chi connectivity index (χ4v) is 6.97. The van der Waals surface area contributed by atoms with Gasteiger partial charge in [-0.1, -0.05) is 20.8 Å². The Bertz CT molecular complexity index is 1020. The molecule has 0 aromatic rings. The van der Waals surface area contributed by atoms with Crippen LogP contribution in [-0.2, 0) is 18.5 Å². The number of nitriles is 1. The number of Topliss-reactive ketones (excluding diaryl/α,β-unsaturated/α-hetero) is 1. The van der Waals surface area contributed by atoms with E-state index in [0.29, 0.717) is 12.8 Å². The van der Waals surface area contributed by atoms with Crippen molar-refractivity contribution in [2.45, 2.75) is 128 Å². The maximum absolute atomic E-state index is 13.2. The zero-order valence-electron chi connectivity index (χ0n) is 26.0. The number of nitrogens with zero attached hydrogens (tertiary/aromatic N) is 3. The largest absolute Gasteiger partial charge is 0.407 e. The second kappa shape index (κ2) is 13.4. The third kappa shape index (κ3) is 8.32. The first-order valence-electron chi connectivity index (χ1n) is 13.8. The lowest BCUT2D eigenvalue weighted by Crippen LogP contribution is -2.66. The highest BCUT2D eigenvalue weighted by molar-refractivity contribution is 7.43. The summed E-state index contributed by atoms with van der Waals surface area (Å²) in [5.41, 5.74) is 3.90. The maximum Gasteiger partial charge on any atom is 0.325 e. The van der Waals surface area contributed by atoms with E-state index in [1.807, 2.05) is 45.8 Å². The molecular formula is C26H49N6O7PSi. The molecule has 41 heavy (non-hydrogen) atoms. The molecule has 13 nitrogen and oxygen atoms in total. The number of nitrogens with two attached hydrogens (primary N) is 1. The average molecular weight is 617 g/mol. The number of amides is 2. The van der Waals surface area contributed by atoms with E-state index in [9.17, 15) is 19.6 Å². The van der Waals surface area contributed by atoms with Crippen LogP contribution in [0, 0.1) is 11.3 Å². The summed E-state index contributed by atoms with van der Waals surface area (Å²) in [5.74, 6) is -0.443. The monoisotopic (exact) mass is 616 g/mol. The van der Waals surface area contributed by atoms with Gasteiger partial charge in [0, 0.05) is 24.2 Å². The number of aliphatic hydroxyl groups is 1. The van der Waals surface area contributed by atoms with Crippen molar-refractivity contribution in [3.05, 3.63) is 12.3 Å². The van der Waals surface area contributed by atoms with Gasteiger partial charge in [0.2, 0.25) is 0 Å². The summed E-state index contributed by atoms with van der Waals surface area (Å²) in [4.78, 5) is 37.6. The number of hydrazine groups is 1. The molecule has 2 aliphatic heterocycles. The minimum absolute atomic E-state index is 0.0510. The molecule has 15 heteroatoms. The summed E-state index contributed by atoms with van der Waals surface area (Å²) in [5, 5.41) is 26.6. The third-order valence-corrected chi connectivity index (χ3v) is 13.3. The normalized spacial score (nSPS) is 28.2. The average Bonchev–Trinajstić information content (AvgIpc) is 3.16. The Kier molecular flexibility index (Phi) is 11.7. The summed E-state index contributed by atoms with van der Waals surface area (Å²) in [7, 11) is -4.82. The first kappa shape index (κ1) is 35.7. The van der Waals surface area contributed by atoms with Crippen LogP contribution in [0.15, 0.2) is 12.3 Å². The summed E-state index contributed by atoms with van der Waals surface area (Å²) in [6.07, 6.45) is -0.197. The van der Waals surface area contributed by atoms with Gasteiger partial charge in [0.15, 0.2) is 26.0 Å². The molecule has 0 spiro atoms. The van der Waals surface area contributed by atoms with Crippen LogP contribution in [-0.4, -0.2) is 88.4 Å². The standard InChI is InChI=1S/C26H49N6O7PSi/c1-17(2)32(25(7,8)12-11-14-27)30-40(36)38-20-19(16-33)37-22(21(20)39-41(9,10)24(4,5)6)31-15-13-26(28,18(3)34)29-23(31)35/h13,15,17,19-22,30,33,36H,11-12,16,28H2,1-10H3,(H,29,35)/t19-,20-,21-,22-,26?,40?/m1/s1. The predicted molar refractivity (Wildman–Crippen MR) is 158 cm³/mol. The number of carbonyl (C=O) groups excluding carboxylic acids is 2. The van der Waals surface area contributed by atoms with Crippen molar-refractivity contribution < 1.29 is 33.3 Å². The second-order valence-electron chi connectivity index (χ2n) is 13.0. The maximum atomic E-state index is 13.2. The molecule has 2 rings (SSSR count). The fraction of sp³-hybridized carbons (Fsp3) is 0.808. The van der Waals surface area contributed by atoms with Gasteiger partial charge < -0.3 is 29.0 Å². The molecule has 0 bridgehead atoms. The number of urea groups is 1. The summed E-state index contributed by atoms with van der Waals surface area (Å²) in [6.45, 7) is 18.9. The molecule has 0 aromatic heterocycles. The minimum Gasteiger partial charge on any atom is -0.407 e. The first-order chi connectivity index (χ1) is 18.7. The second-order valence-corrected chi connectivity index (χ2v) is 18.8. The van der Waals surface area contributed by atoms with E-state index in [1.54, 1.807) is 0 Å². The number of aliphatic hydroxyl groups excluding tert-OH is 1. The highest BCUT2D eigenvalue weighted by Gasteiger charge is 2.55. The molecule has 1 fully saturated rings. The van der Waals surface area contributed by atoms with Crippen LogP contribution in [0.1, 0.15) is 68.2 Å². The van der Waals surface area contributed by atoms with Crippen molar-refractivity contribution in [2.75, 3.05) is 6.61 Å². The smallest absolute Gasteiger partial charge is 0.325 e. The third-order valence-electron chi connectivity index (χ3n) is 8.04. The van der Waals surface area contributed by atoms with Gasteiger partial charge in [-0.2, -0.15) is 10.5 Å². The molecule has 2 aliphatic rings. The Hall–Kier alpha value is -1.50. The summed E-state index contributed by atoms with van der Waals surface area (Å²) in [6, 6.07) is 1.44. The topological polar surface area (TPSA) is 183 Å². The van der Waals surface area contributed by atoms with Crippen molar-refractivity contribution >= 4 is 28.7 Å². The van der Waals surface area contributed by atoms with Crippen molar-refractivity contribution in [3.8, 4) is 6.07 Å². The van der Waals surface area contributed by atoms with Crippen LogP contribution in [0.2, 0.25) is 18.1 Å². The lowest BCUT2D eigenvalue weighted by molar-refractivity contribution is -0.121. The van der Waals surface area contributed by atoms with E-state index >= 15 is 0 Å². The number of rotatable bonds is 13. The molecule has 234 valence electrons. The molecule has 2 unspecified atom stereocenters.